The van der Waals surface area contributed by atoms with Gasteiger partial charge in [-0.3, -0.25) is 9.78 Å². The van der Waals surface area contributed by atoms with Crippen LogP contribution < -0.4 is 5.32 Å². The van der Waals surface area contributed by atoms with Crippen LogP contribution in [-0.4, -0.2) is 43.9 Å². The predicted octanol–water partition coefficient (Wildman–Crippen LogP) is 3.78. The summed E-state index contributed by atoms with van der Waals surface area (Å²) in [7, 11) is 0. The van der Waals surface area contributed by atoms with Crippen molar-refractivity contribution in [2.75, 3.05) is 5.32 Å². The Morgan fingerprint density at radius 1 is 1.09 bits per heavy atom. The molecule has 4 rings (SSSR count). The topological polar surface area (TPSA) is 105 Å². The lowest BCUT2D eigenvalue weighted by atomic mass is 9.87. The van der Waals surface area contributed by atoms with Crippen LogP contribution in [0.4, 0.5) is 18.9 Å². The number of aliphatic hydroxyl groups is 2. The molecule has 0 unspecified atom stereocenters. The summed E-state index contributed by atoms with van der Waals surface area (Å²) >= 11 is 0. The number of aliphatic hydroxyl groups excluding tert-OH is 2. The molecule has 2 aromatic heterocycles. The van der Waals surface area contributed by atoms with Crippen molar-refractivity contribution in [2.24, 2.45) is 0 Å². The fraction of sp³-hybridized carbons (Fsp3) is 0.292. The number of ether oxygens (including phenoxy) is 1. The van der Waals surface area contributed by atoms with E-state index < -0.39 is 58.5 Å². The van der Waals surface area contributed by atoms with E-state index in [9.17, 15) is 28.2 Å². The van der Waals surface area contributed by atoms with Crippen LogP contribution in [0.1, 0.15) is 42.4 Å². The average molecular weight is 473 g/mol. The summed E-state index contributed by atoms with van der Waals surface area (Å²) in [6.07, 6.45) is 0.0986. The number of anilines is 1. The van der Waals surface area contributed by atoms with Gasteiger partial charge in [0.2, 0.25) is 0 Å². The van der Waals surface area contributed by atoms with Gasteiger partial charge in [-0.25, -0.2) is 18.2 Å². The highest BCUT2D eigenvalue weighted by Gasteiger charge is 2.43. The number of aromatic nitrogens is 2. The van der Waals surface area contributed by atoms with Gasteiger partial charge in [-0.05, 0) is 44.2 Å². The highest BCUT2D eigenvalue weighted by molar-refractivity contribution is 6.03. The largest absolute Gasteiger partial charge is 0.390 e. The van der Waals surface area contributed by atoms with Gasteiger partial charge in [-0.1, -0.05) is 6.07 Å². The Morgan fingerprint density at radius 3 is 2.47 bits per heavy atom. The van der Waals surface area contributed by atoms with Crippen LogP contribution in [0, 0.1) is 17.5 Å². The van der Waals surface area contributed by atoms with Crippen LogP contribution in [-0.2, 0) is 4.74 Å². The smallest absolute Gasteiger partial charge is 0.274 e. The summed E-state index contributed by atoms with van der Waals surface area (Å²) in [6, 6.07) is 6.65. The minimum Gasteiger partial charge on any atom is -0.390 e. The molecule has 0 aliphatic carbocycles. The van der Waals surface area contributed by atoms with Crippen LogP contribution in [0.2, 0.25) is 0 Å². The highest BCUT2D eigenvalue weighted by atomic mass is 19.1. The van der Waals surface area contributed by atoms with Gasteiger partial charge >= 0.3 is 0 Å². The second kappa shape index (κ2) is 9.13. The molecule has 10 heteroatoms. The second-order valence-electron chi connectivity index (χ2n) is 8.50. The zero-order valence-electron chi connectivity index (χ0n) is 18.3. The second-order valence-corrected chi connectivity index (χ2v) is 8.50. The number of hydrogen-bond acceptors (Lipinski definition) is 6. The van der Waals surface area contributed by atoms with E-state index in [-0.39, 0.29) is 17.8 Å². The third-order valence-electron chi connectivity index (χ3n) is 5.71. The van der Waals surface area contributed by atoms with Gasteiger partial charge in [0, 0.05) is 18.2 Å². The SMILES string of the molecule is CC1(C)O[C@H](c2ccncc2NC(=O)c2ccc(F)c(-c3c(F)cccc3F)n2)C[C@@H](O)[C@H]1O. The first-order valence-corrected chi connectivity index (χ1v) is 10.5. The molecule has 1 saturated heterocycles. The van der Waals surface area contributed by atoms with E-state index in [1.165, 1.54) is 12.4 Å². The Bertz CT molecular complexity index is 1220. The summed E-state index contributed by atoms with van der Waals surface area (Å²) < 4.78 is 48.6. The normalized spacial score (nSPS) is 21.8. The molecule has 1 aromatic carbocycles. The lowest BCUT2D eigenvalue weighted by Gasteiger charge is -2.43. The Hall–Kier alpha value is -3.34. The zero-order valence-corrected chi connectivity index (χ0v) is 18.3. The fourth-order valence-electron chi connectivity index (χ4n) is 3.93. The number of pyridine rings is 2. The maximum atomic E-state index is 14.4. The Morgan fingerprint density at radius 2 is 1.79 bits per heavy atom. The van der Waals surface area contributed by atoms with Gasteiger partial charge in [-0.15, -0.1) is 0 Å². The number of carbonyl (C=O) groups is 1. The number of nitrogens with zero attached hydrogens (tertiary/aromatic N) is 2. The third-order valence-corrected chi connectivity index (χ3v) is 5.71. The van der Waals surface area contributed by atoms with E-state index in [0.29, 0.717) is 5.56 Å². The van der Waals surface area contributed by atoms with Crippen molar-refractivity contribution in [3.05, 3.63) is 77.5 Å². The molecule has 3 N–H and O–H groups in total. The molecule has 0 saturated carbocycles. The summed E-state index contributed by atoms with van der Waals surface area (Å²) in [5.74, 6) is -3.80. The quantitative estimate of drug-likeness (QED) is 0.533. The van der Waals surface area contributed by atoms with Crippen LogP contribution in [0.15, 0.2) is 48.8 Å². The molecule has 3 heterocycles. The molecule has 0 bridgehead atoms. The molecule has 34 heavy (non-hydrogen) atoms. The van der Waals surface area contributed by atoms with Gasteiger partial charge < -0.3 is 20.3 Å². The highest BCUT2D eigenvalue weighted by Crippen LogP contribution is 2.39. The van der Waals surface area contributed by atoms with Crippen molar-refractivity contribution in [3.8, 4) is 11.3 Å². The zero-order chi connectivity index (χ0) is 24.6. The Labute approximate surface area is 193 Å². The van der Waals surface area contributed by atoms with Gasteiger partial charge in [-0.2, -0.15) is 0 Å². The van der Waals surface area contributed by atoms with E-state index in [2.05, 4.69) is 15.3 Å². The number of nitrogens with one attached hydrogen (secondary N) is 1. The molecule has 3 atom stereocenters. The molecule has 0 spiro atoms. The molecule has 178 valence electrons. The first-order chi connectivity index (χ1) is 16.1. The third kappa shape index (κ3) is 4.52. The number of amides is 1. The maximum Gasteiger partial charge on any atom is 0.274 e. The number of rotatable bonds is 4. The van der Waals surface area contributed by atoms with E-state index in [1.807, 2.05) is 0 Å². The summed E-state index contributed by atoms with van der Waals surface area (Å²) in [5.41, 5.74) is -1.92. The minimum atomic E-state index is -1.09. The lowest BCUT2D eigenvalue weighted by Crippen LogP contribution is -2.52. The summed E-state index contributed by atoms with van der Waals surface area (Å²) in [6.45, 7) is 3.27. The van der Waals surface area contributed by atoms with Crippen molar-refractivity contribution in [1.82, 2.24) is 9.97 Å². The van der Waals surface area contributed by atoms with Gasteiger partial charge in [0.1, 0.15) is 34.9 Å². The lowest BCUT2D eigenvalue weighted by molar-refractivity contribution is -0.214. The molecule has 1 fully saturated rings. The number of carbonyl (C=O) groups excluding carboxylic acids is 1. The Balaban J connectivity index is 1.64. The van der Waals surface area contributed by atoms with E-state index in [0.717, 1.165) is 30.3 Å². The van der Waals surface area contributed by atoms with Gasteiger partial charge in [0.25, 0.3) is 5.91 Å². The molecule has 1 aliphatic heterocycles. The first kappa shape index (κ1) is 23.8. The number of benzene rings is 1. The molecule has 0 radical (unpaired) electrons. The molecule has 3 aromatic rings. The number of halogens is 3. The molecule has 1 amide bonds. The van der Waals surface area contributed by atoms with Gasteiger partial charge in [0.15, 0.2) is 0 Å². The molecular weight excluding hydrogens is 451 g/mol. The molecule has 1 aliphatic rings. The van der Waals surface area contributed by atoms with E-state index in [4.69, 9.17) is 4.74 Å². The standard InChI is InChI=1S/C24H22F3N3O4/c1-24(2)22(32)18(31)10-19(34-24)12-8-9-28-11-17(12)30-23(33)16-7-6-15(27)21(29-16)20-13(25)4-3-5-14(20)26/h3-9,11,18-19,22,31-32H,10H2,1-2H3,(H,30,33)/t18-,19+,22-/m1/s1. The van der Waals surface area contributed by atoms with Crippen molar-refractivity contribution in [2.45, 2.75) is 44.2 Å². The van der Waals surface area contributed by atoms with Crippen molar-refractivity contribution < 1.29 is 32.9 Å². The van der Waals surface area contributed by atoms with Crippen LogP contribution >= 0.6 is 0 Å². The van der Waals surface area contributed by atoms with Crippen molar-refractivity contribution >= 4 is 11.6 Å². The van der Waals surface area contributed by atoms with Crippen LogP contribution in [0.25, 0.3) is 11.3 Å². The number of hydrogen-bond donors (Lipinski definition) is 3. The summed E-state index contributed by atoms with van der Waals surface area (Å²) in [5, 5.41) is 23.0. The fourth-order valence-corrected chi connectivity index (χ4v) is 3.93. The van der Waals surface area contributed by atoms with Crippen LogP contribution in [0.3, 0.4) is 0 Å². The van der Waals surface area contributed by atoms with E-state index in [1.54, 1.807) is 19.9 Å². The Kier molecular flexibility index (Phi) is 6.39. The van der Waals surface area contributed by atoms with Crippen LogP contribution in [0.5, 0.6) is 0 Å². The first-order valence-electron chi connectivity index (χ1n) is 10.5. The predicted molar refractivity (Wildman–Crippen MR) is 116 cm³/mol. The van der Waals surface area contributed by atoms with Crippen molar-refractivity contribution in [3.63, 3.8) is 0 Å². The van der Waals surface area contributed by atoms with Crippen molar-refractivity contribution in [1.29, 1.82) is 0 Å². The summed E-state index contributed by atoms with van der Waals surface area (Å²) in [4.78, 5) is 20.8. The van der Waals surface area contributed by atoms with E-state index >= 15 is 0 Å². The van der Waals surface area contributed by atoms with Gasteiger partial charge in [0.05, 0.1) is 35.3 Å². The average Bonchev–Trinajstić information content (AvgIpc) is 2.78. The molecular formula is C24H22F3N3O4. The molecule has 7 nitrogen and oxygen atoms in total. The maximum absolute atomic E-state index is 14.4. The monoisotopic (exact) mass is 473 g/mol. The minimum absolute atomic E-state index is 0.0724.